The van der Waals surface area contributed by atoms with Gasteiger partial charge < -0.3 is 34.8 Å². The van der Waals surface area contributed by atoms with Crippen molar-refractivity contribution in [3.8, 4) is 0 Å². The molecule has 0 amide bonds. The molecule has 2 aliphatic rings. The maximum atomic E-state index is 12.1. The van der Waals surface area contributed by atoms with Crippen LogP contribution in [0.2, 0.25) is 0 Å². The van der Waals surface area contributed by atoms with Crippen LogP contribution in [0, 0.1) is 0 Å². The number of aliphatic hydroxyl groups is 3. The zero-order chi connectivity index (χ0) is 17.1. The Morgan fingerprint density at radius 1 is 1.48 bits per heavy atom. The number of aliphatic carboxylic acids is 1. The number of ether oxygens (including phenoxy) is 2. The van der Waals surface area contributed by atoms with Crippen LogP contribution < -0.4 is 0 Å². The molecule has 0 aromatic carbocycles. The fourth-order valence-electron chi connectivity index (χ4n) is 2.84. The molecule has 0 aliphatic carbocycles. The van der Waals surface area contributed by atoms with Gasteiger partial charge >= 0.3 is 5.97 Å². The number of carbonyl (C=O) groups is 2. The zero-order valence-electron chi connectivity index (χ0n) is 12.7. The predicted octanol–water partition coefficient (Wildman–Crippen LogP) is -1.93. The molecular weight excluding hydrogens is 310 g/mol. The number of methoxy groups -OCH3 is 1. The van der Waals surface area contributed by atoms with Crippen molar-refractivity contribution in [2.24, 2.45) is 0 Å². The van der Waals surface area contributed by atoms with Crippen molar-refractivity contribution in [2.75, 3.05) is 20.3 Å². The monoisotopic (exact) mass is 331 g/mol. The molecule has 9 nitrogen and oxygen atoms in total. The standard InChI is InChI=1S/C14H21NO8/c1-22-14-9(6-16)23-13(12(14)21)7-5-15(3-2-11(19)20)10(18)4-8(7)17/h5,9-10,12-14,16,18,21H,2-4,6H2,1H3,(H,19,20). The Kier molecular flexibility index (Phi) is 5.71. The number of carbonyl (C=O) groups excluding carboxylic acids is 1. The van der Waals surface area contributed by atoms with Crippen LogP contribution in [0.1, 0.15) is 12.8 Å². The molecule has 0 saturated carbocycles. The average Bonchev–Trinajstić information content (AvgIpc) is 2.82. The van der Waals surface area contributed by atoms with Gasteiger partial charge in [0.15, 0.2) is 5.78 Å². The van der Waals surface area contributed by atoms with Crippen LogP contribution >= 0.6 is 0 Å². The first-order chi connectivity index (χ1) is 10.9. The van der Waals surface area contributed by atoms with E-state index >= 15 is 0 Å². The van der Waals surface area contributed by atoms with E-state index in [9.17, 15) is 24.9 Å². The second-order valence-electron chi connectivity index (χ2n) is 5.54. The van der Waals surface area contributed by atoms with Crippen LogP contribution in [0.5, 0.6) is 0 Å². The van der Waals surface area contributed by atoms with E-state index in [0.29, 0.717) is 0 Å². The molecule has 2 rings (SSSR count). The fraction of sp³-hybridized carbons (Fsp3) is 0.714. The molecule has 0 bridgehead atoms. The normalized spacial score (nSPS) is 34.6. The summed E-state index contributed by atoms with van der Waals surface area (Å²) in [6, 6.07) is 0. The summed E-state index contributed by atoms with van der Waals surface area (Å²) in [5.74, 6) is -1.43. The van der Waals surface area contributed by atoms with E-state index in [1.165, 1.54) is 18.2 Å². The van der Waals surface area contributed by atoms with Gasteiger partial charge in [-0.15, -0.1) is 0 Å². The van der Waals surface area contributed by atoms with E-state index < -0.39 is 42.4 Å². The van der Waals surface area contributed by atoms with Gasteiger partial charge in [-0.2, -0.15) is 0 Å². The summed E-state index contributed by atoms with van der Waals surface area (Å²) in [7, 11) is 1.36. The van der Waals surface area contributed by atoms with Crippen molar-refractivity contribution in [3.63, 3.8) is 0 Å². The largest absolute Gasteiger partial charge is 0.481 e. The van der Waals surface area contributed by atoms with Crippen LogP contribution in [0.3, 0.4) is 0 Å². The number of rotatable bonds is 6. The first-order valence-corrected chi connectivity index (χ1v) is 7.26. The highest BCUT2D eigenvalue weighted by atomic mass is 16.6. The zero-order valence-corrected chi connectivity index (χ0v) is 12.7. The summed E-state index contributed by atoms with van der Waals surface area (Å²) in [5, 5.41) is 38.1. The molecule has 0 radical (unpaired) electrons. The van der Waals surface area contributed by atoms with Crippen molar-refractivity contribution in [1.82, 2.24) is 4.90 Å². The van der Waals surface area contributed by atoms with Gasteiger partial charge in [-0.3, -0.25) is 9.59 Å². The predicted molar refractivity (Wildman–Crippen MR) is 75.2 cm³/mol. The van der Waals surface area contributed by atoms with E-state index in [1.54, 1.807) is 0 Å². The maximum Gasteiger partial charge on any atom is 0.305 e. The molecule has 9 heteroatoms. The lowest BCUT2D eigenvalue weighted by atomic mass is 9.94. The number of aliphatic hydroxyl groups excluding tert-OH is 3. The third kappa shape index (κ3) is 3.70. The Bertz CT molecular complexity index is 493. The van der Waals surface area contributed by atoms with E-state index in [0.717, 1.165) is 0 Å². The molecule has 0 aromatic rings. The van der Waals surface area contributed by atoms with Gasteiger partial charge in [0.25, 0.3) is 0 Å². The second-order valence-corrected chi connectivity index (χ2v) is 5.54. The van der Waals surface area contributed by atoms with E-state index in [1.807, 2.05) is 0 Å². The summed E-state index contributed by atoms with van der Waals surface area (Å²) in [4.78, 5) is 24.1. The van der Waals surface area contributed by atoms with E-state index in [-0.39, 0.29) is 31.6 Å². The van der Waals surface area contributed by atoms with Gasteiger partial charge in [-0.1, -0.05) is 0 Å². The minimum Gasteiger partial charge on any atom is -0.481 e. The summed E-state index contributed by atoms with van der Waals surface area (Å²) in [5.41, 5.74) is 0.131. The van der Waals surface area contributed by atoms with Crippen molar-refractivity contribution < 1.29 is 39.5 Å². The quantitative estimate of drug-likeness (QED) is 0.438. The molecule has 0 spiro atoms. The SMILES string of the molecule is COC1C(CO)OC(C2=CN(CCC(=O)O)C(O)CC2=O)C1O. The summed E-state index contributed by atoms with van der Waals surface area (Å²) >= 11 is 0. The Morgan fingerprint density at radius 3 is 2.70 bits per heavy atom. The molecule has 4 N–H and O–H groups in total. The third-order valence-corrected chi connectivity index (χ3v) is 4.05. The maximum absolute atomic E-state index is 12.1. The molecular formula is C14H21NO8. The second kappa shape index (κ2) is 7.37. The lowest BCUT2D eigenvalue weighted by molar-refractivity contribution is -0.137. The van der Waals surface area contributed by atoms with E-state index in [2.05, 4.69) is 0 Å². The smallest absolute Gasteiger partial charge is 0.305 e. The van der Waals surface area contributed by atoms with Crippen LogP contribution in [0.15, 0.2) is 11.8 Å². The molecule has 1 saturated heterocycles. The van der Waals surface area contributed by atoms with Gasteiger partial charge in [0.2, 0.25) is 0 Å². The molecule has 23 heavy (non-hydrogen) atoms. The fourth-order valence-corrected chi connectivity index (χ4v) is 2.84. The lowest BCUT2D eigenvalue weighted by Gasteiger charge is -2.32. The molecule has 5 unspecified atom stereocenters. The highest BCUT2D eigenvalue weighted by Crippen LogP contribution is 2.31. The molecule has 1 fully saturated rings. The minimum atomic E-state index is -1.15. The molecule has 2 aliphatic heterocycles. The number of hydrogen-bond acceptors (Lipinski definition) is 8. The van der Waals surface area contributed by atoms with Crippen LogP contribution in [0.4, 0.5) is 0 Å². The van der Waals surface area contributed by atoms with Crippen molar-refractivity contribution in [1.29, 1.82) is 0 Å². The topological polar surface area (TPSA) is 137 Å². The number of ketones is 1. The van der Waals surface area contributed by atoms with Crippen LogP contribution in [0.25, 0.3) is 0 Å². The average molecular weight is 331 g/mol. The Labute approximate surface area is 132 Å². The lowest BCUT2D eigenvalue weighted by Crippen LogP contribution is -2.43. The third-order valence-electron chi connectivity index (χ3n) is 4.05. The number of carboxylic acid groups (broad SMARTS) is 1. The van der Waals surface area contributed by atoms with Crippen molar-refractivity contribution in [3.05, 3.63) is 11.8 Å². The number of carboxylic acids is 1. The molecule has 0 aromatic heterocycles. The van der Waals surface area contributed by atoms with Crippen molar-refractivity contribution >= 4 is 11.8 Å². The Hall–Kier alpha value is -1.52. The van der Waals surface area contributed by atoms with E-state index in [4.69, 9.17) is 14.6 Å². The number of Topliss-reactive ketones (excluding diaryl/α,β-unsaturated/α-hetero) is 1. The first-order valence-electron chi connectivity index (χ1n) is 7.26. The van der Waals surface area contributed by atoms with Gasteiger partial charge in [0.1, 0.15) is 30.6 Å². The summed E-state index contributed by atoms with van der Waals surface area (Å²) in [6.45, 7) is -0.355. The van der Waals surface area contributed by atoms with Crippen LogP contribution in [-0.4, -0.2) is 88.0 Å². The van der Waals surface area contributed by atoms with Crippen LogP contribution in [-0.2, 0) is 19.1 Å². The molecule has 130 valence electrons. The summed E-state index contributed by atoms with van der Waals surface area (Å²) < 4.78 is 10.6. The highest BCUT2D eigenvalue weighted by molar-refractivity contribution is 5.97. The Balaban J connectivity index is 2.20. The molecule has 2 heterocycles. The number of nitrogens with zero attached hydrogens (tertiary/aromatic N) is 1. The summed E-state index contributed by atoms with van der Waals surface area (Å²) in [6.07, 6.45) is -3.92. The van der Waals surface area contributed by atoms with Gasteiger partial charge in [-0.25, -0.2) is 0 Å². The van der Waals surface area contributed by atoms with Gasteiger partial charge in [-0.05, 0) is 0 Å². The highest BCUT2D eigenvalue weighted by Gasteiger charge is 2.47. The Morgan fingerprint density at radius 2 is 2.17 bits per heavy atom. The first kappa shape index (κ1) is 17.8. The van der Waals surface area contributed by atoms with Crippen molar-refractivity contribution in [2.45, 2.75) is 43.5 Å². The van der Waals surface area contributed by atoms with Gasteiger partial charge in [0, 0.05) is 25.4 Å². The molecule has 5 atom stereocenters. The minimum absolute atomic E-state index is 0.0211. The number of hydrogen-bond donors (Lipinski definition) is 4. The van der Waals surface area contributed by atoms with Gasteiger partial charge in [0.05, 0.1) is 19.4 Å².